The molecule has 0 aliphatic heterocycles. The van der Waals surface area contributed by atoms with E-state index in [1.165, 1.54) is 225 Å². The van der Waals surface area contributed by atoms with Gasteiger partial charge >= 0.3 is 5.97 Å². The molecule has 1 amide bonds. The van der Waals surface area contributed by atoms with Crippen molar-refractivity contribution < 1.29 is 24.5 Å². The van der Waals surface area contributed by atoms with Crippen LogP contribution in [0.25, 0.3) is 0 Å². The number of hydrogen-bond acceptors (Lipinski definition) is 5. The van der Waals surface area contributed by atoms with Crippen LogP contribution in [-0.4, -0.2) is 46.9 Å². The summed E-state index contributed by atoms with van der Waals surface area (Å²) in [5, 5.41) is 23.8. The van der Waals surface area contributed by atoms with E-state index in [9.17, 15) is 19.8 Å². The van der Waals surface area contributed by atoms with Crippen molar-refractivity contribution in [2.75, 3.05) is 6.61 Å². The highest BCUT2D eigenvalue weighted by Gasteiger charge is 2.24. The standard InChI is InChI=1S/C54H107NO5/c1-4-7-10-13-16-19-22-25-28-30-33-36-39-42-45-50(60-54(59)47-44-41-38-35-32-27-24-21-18-15-12-9-6-3)48-53(58)55-51(49-56)52(57)46-43-40-37-34-31-29-26-23-20-17-14-11-8-5-2/h50-52,56-57H,4-49H2,1-3H3,(H,55,58). The lowest BCUT2D eigenvalue weighted by Crippen LogP contribution is -2.46. The first-order valence-electron chi connectivity index (χ1n) is 27.3. The molecule has 3 unspecified atom stereocenters. The Hall–Kier alpha value is -1.14. The fourth-order valence-corrected chi connectivity index (χ4v) is 8.79. The van der Waals surface area contributed by atoms with Crippen molar-refractivity contribution in [2.24, 2.45) is 0 Å². The number of nitrogens with one attached hydrogen (secondary N) is 1. The zero-order valence-corrected chi connectivity index (χ0v) is 40.9. The summed E-state index contributed by atoms with van der Waals surface area (Å²) in [5.74, 6) is -0.448. The lowest BCUT2D eigenvalue weighted by molar-refractivity contribution is -0.151. The first kappa shape index (κ1) is 58.9. The molecule has 0 aliphatic rings. The van der Waals surface area contributed by atoms with Crippen molar-refractivity contribution >= 4 is 11.9 Å². The maximum Gasteiger partial charge on any atom is 0.306 e. The number of aliphatic hydroxyl groups is 2. The summed E-state index contributed by atoms with van der Waals surface area (Å²) >= 11 is 0. The van der Waals surface area contributed by atoms with E-state index in [-0.39, 0.29) is 24.9 Å². The molecule has 0 heterocycles. The summed E-state index contributed by atoms with van der Waals surface area (Å²) in [5.41, 5.74) is 0. The molecule has 3 N–H and O–H groups in total. The number of aliphatic hydroxyl groups excluding tert-OH is 2. The van der Waals surface area contributed by atoms with Crippen molar-refractivity contribution in [2.45, 2.75) is 328 Å². The minimum absolute atomic E-state index is 0.0882. The van der Waals surface area contributed by atoms with Gasteiger partial charge in [0.2, 0.25) is 5.91 Å². The highest BCUT2D eigenvalue weighted by molar-refractivity contribution is 5.77. The van der Waals surface area contributed by atoms with Gasteiger partial charge in [0.1, 0.15) is 6.10 Å². The summed E-state index contributed by atoms with van der Waals surface area (Å²) < 4.78 is 5.95. The Morgan fingerprint density at radius 2 is 0.700 bits per heavy atom. The van der Waals surface area contributed by atoms with E-state index in [2.05, 4.69) is 26.1 Å². The molecule has 0 aromatic rings. The molecule has 0 bridgehead atoms. The van der Waals surface area contributed by atoms with E-state index >= 15 is 0 Å². The average molecular weight is 850 g/mol. The molecule has 3 atom stereocenters. The quantitative estimate of drug-likeness (QED) is 0.0419. The predicted molar refractivity (Wildman–Crippen MR) is 260 cm³/mol. The van der Waals surface area contributed by atoms with Crippen LogP contribution in [0.4, 0.5) is 0 Å². The fourth-order valence-electron chi connectivity index (χ4n) is 8.79. The molecular formula is C54H107NO5. The number of ether oxygens (including phenoxy) is 1. The third-order valence-electron chi connectivity index (χ3n) is 12.9. The third-order valence-corrected chi connectivity index (χ3v) is 12.9. The van der Waals surface area contributed by atoms with Gasteiger partial charge < -0.3 is 20.3 Å². The van der Waals surface area contributed by atoms with Crippen LogP contribution in [0.1, 0.15) is 310 Å². The van der Waals surface area contributed by atoms with Crippen LogP contribution in [0.15, 0.2) is 0 Å². The lowest BCUT2D eigenvalue weighted by Gasteiger charge is -2.24. The Bertz CT molecular complexity index is 867. The van der Waals surface area contributed by atoms with Gasteiger partial charge in [0.25, 0.3) is 0 Å². The second-order valence-corrected chi connectivity index (χ2v) is 19.0. The van der Waals surface area contributed by atoms with Gasteiger partial charge in [-0.05, 0) is 25.7 Å². The molecule has 0 radical (unpaired) electrons. The van der Waals surface area contributed by atoms with Gasteiger partial charge in [-0.1, -0.05) is 271 Å². The monoisotopic (exact) mass is 850 g/mol. The van der Waals surface area contributed by atoms with Gasteiger partial charge in [0.15, 0.2) is 0 Å². The Morgan fingerprint density at radius 3 is 1.02 bits per heavy atom. The van der Waals surface area contributed by atoms with E-state index in [4.69, 9.17) is 4.74 Å². The number of hydrogen-bond donors (Lipinski definition) is 3. The third kappa shape index (κ3) is 43.5. The van der Waals surface area contributed by atoms with Crippen molar-refractivity contribution in [3.63, 3.8) is 0 Å². The number of carbonyl (C=O) groups excluding carboxylic acids is 2. The van der Waals surface area contributed by atoms with Crippen molar-refractivity contribution in [1.29, 1.82) is 0 Å². The predicted octanol–water partition coefficient (Wildman–Crippen LogP) is 16.4. The molecule has 60 heavy (non-hydrogen) atoms. The first-order valence-corrected chi connectivity index (χ1v) is 27.3. The van der Waals surface area contributed by atoms with E-state index < -0.39 is 18.2 Å². The summed E-state index contributed by atoms with van der Waals surface area (Å²) in [7, 11) is 0. The Balaban J connectivity index is 4.50. The van der Waals surface area contributed by atoms with Gasteiger partial charge in [-0.3, -0.25) is 9.59 Å². The Labute approximate surface area is 375 Å². The molecule has 0 saturated heterocycles. The molecule has 0 fully saturated rings. The number of rotatable bonds is 50. The second kappa shape index (κ2) is 48.9. The van der Waals surface area contributed by atoms with Gasteiger partial charge in [0, 0.05) is 6.42 Å². The normalized spacial score (nSPS) is 13.1. The maximum absolute atomic E-state index is 13.2. The Morgan fingerprint density at radius 1 is 0.417 bits per heavy atom. The van der Waals surface area contributed by atoms with Gasteiger partial charge in [0.05, 0.1) is 25.2 Å². The maximum atomic E-state index is 13.2. The molecule has 0 aliphatic carbocycles. The van der Waals surface area contributed by atoms with Crippen LogP contribution in [0.3, 0.4) is 0 Å². The number of esters is 1. The summed E-state index contributed by atoms with van der Waals surface area (Å²) in [4.78, 5) is 26.2. The summed E-state index contributed by atoms with van der Waals surface area (Å²) in [6, 6.07) is -0.692. The van der Waals surface area contributed by atoms with E-state index in [1.807, 2.05) is 0 Å². The topological polar surface area (TPSA) is 95.9 Å². The minimum Gasteiger partial charge on any atom is -0.462 e. The van der Waals surface area contributed by atoms with Crippen LogP contribution in [-0.2, 0) is 14.3 Å². The van der Waals surface area contributed by atoms with Gasteiger partial charge in [-0.15, -0.1) is 0 Å². The molecule has 0 rings (SSSR count). The number of unbranched alkanes of at least 4 members (excludes halogenated alkanes) is 38. The zero-order valence-electron chi connectivity index (χ0n) is 40.9. The van der Waals surface area contributed by atoms with E-state index in [0.717, 1.165) is 38.5 Å². The van der Waals surface area contributed by atoms with Gasteiger partial charge in [-0.2, -0.15) is 0 Å². The van der Waals surface area contributed by atoms with Crippen LogP contribution >= 0.6 is 0 Å². The average Bonchev–Trinajstić information content (AvgIpc) is 3.24. The smallest absolute Gasteiger partial charge is 0.306 e. The Kier molecular flexibility index (Phi) is 48.0. The first-order chi connectivity index (χ1) is 29.5. The van der Waals surface area contributed by atoms with Crippen molar-refractivity contribution in [3.8, 4) is 0 Å². The molecule has 0 aromatic carbocycles. The molecule has 358 valence electrons. The van der Waals surface area contributed by atoms with Crippen LogP contribution in [0, 0.1) is 0 Å². The molecule has 6 heteroatoms. The largest absolute Gasteiger partial charge is 0.462 e. The number of carbonyl (C=O) groups is 2. The van der Waals surface area contributed by atoms with E-state index in [0.29, 0.717) is 19.3 Å². The second-order valence-electron chi connectivity index (χ2n) is 19.0. The molecule has 6 nitrogen and oxygen atoms in total. The molecule has 0 saturated carbocycles. The fraction of sp³-hybridized carbons (Fsp3) is 0.963. The van der Waals surface area contributed by atoms with E-state index in [1.54, 1.807) is 0 Å². The van der Waals surface area contributed by atoms with Crippen molar-refractivity contribution in [3.05, 3.63) is 0 Å². The molecule has 0 spiro atoms. The highest BCUT2D eigenvalue weighted by Crippen LogP contribution is 2.19. The summed E-state index contributed by atoms with van der Waals surface area (Å²) in [6.07, 6.45) is 53.0. The molecule has 0 aromatic heterocycles. The number of amides is 1. The minimum atomic E-state index is -0.779. The van der Waals surface area contributed by atoms with Crippen LogP contribution in [0.5, 0.6) is 0 Å². The summed E-state index contributed by atoms with van der Waals surface area (Å²) in [6.45, 7) is 6.52. The SMILES string of the molecule is CCCCCCCCCCCCCCCCC(CC(=O)NC(CO)C(O)CCCCCCCCCCCCCCCC)OC(=O)CCCCCCCCCCCCCCC. The lowest BCUT2D eigenvalue weighted by atomic mass is 10.0. The van der Waals surface area contributed by atoms with Crippen LogP contribution in [0.2, 0.25) is 0 Å². The van der Waals surface area contributed by atoms with Crippen LogP contribution < -0.4 is 5.32 Å². The molecular weight excluding hydrogens is 743 g/mol. The zero-order chi connectivity index (χ0) is 43.8. The van der Waals surface area contributed by atoms with Crippen molar-refractivity contribution in [1.82, 2.24) is 5.32 Å². The van der Waals surface area contributed by atoms with Gasteiger partial charge in [-0.25, -0.2) is 0 Å². The highest BCUT2D eigenvalue weighted by atomic mass is 16.5.